The molecule has 1 N–H and O–H groups in total. The molecular formula is C12H12ClNO4. The van der Waals surface area contributed by atoms with E-state index in [0.29, 0.717) is 5.75 Å². The fraction of sp³-hybridized carbons (Fsp3) is 0.167. The van der Waals surface area contributed by atoms with Gasteiger partial charge in [-0.1, -0.05) is 12.1 Å². The molecule has 1 amide bonds. The van der Waals surface area contributed by atoms with E-state index in [2.05, 4.69) is 10.1 Å². The Morgan fingerprint density at radius 1 is 1.33 bits per heavy atom. The van der Waals surface area contributed by atoms with E-state index in [4.69, 9.17) is 16.3 Å². The van der Waals surface area contributed by atoms with E-state index in [9.17, 15) is 9.59 Å². The lowest BCUT2D eigenvalue weighted by Crippen LogP contribution is -2.15. The molecule has 0 bridgehead atoms. The van der Waals surface area contributed by atoms with E-state index in [1.165, 1.54) is 13.3 Å². The third kappa shape index (κ3) is 4.88. The minimum absolute atomic E-state index is 0.190. The van der Waals surface area contributed by atoms with Crippen LogP contribution in [-0.4, -0.2) is 25.1 Å². The summed E-state index contributed by atoms with van der Waals surface area (Å²) in [5.41, 5.74) is 0.831. The number of methoxy groups -OCH3 is 1. The van der Waals surface area contributed by atoms with Gasteiger partial charge in [-0.3, -0.25) is 10.1 Å². The Bertz CT molecular complexity index is 442. The molecule has 0 saturated carbocycles. The summed E-state index contributed by atoms with van der Waals surface area (Å²) in [5.74, 6) is -0.281. The van der Waals surface area contributed by atoms with Crippen LogP contribution in [0.2, 0.25) is 0 Å². The predicted octanol–water partition coefficient (Wildman–Crippen LogP) is 2.16. The summed E-state index contributed by atoms with van der Waals surface area (Å²) in [6, 6.07) is 6.71. The fourth-order valence-corrected chi connectivity index (χ4v) is 1.13. The molecule has 0 heterocycles. The summed E-state index contributed by atoms with van der Waals surface area (Å²) in [4.78, 5) is 21.7. The standard InChI is InChI=1S/C12H12ClNO4/c1-17-12(16)14-7-6-9-2-4-10(5-3-9)18-11(15)8-13/h2-7H,8H2,1H3,(H,14,16)/b7-6+. The molecule has 0 saturated heterocycles. The van der Waals surface area contributed by atoms with Crippen LogP contribution in [0.5, 0.6) is 5.75 Å². The van der Waals surface area contributed by atoms with Gasteiger partial charge in [-0.25, -0.2) is 4.79 Å². The largest absolute Gasteiger partial charge is 0.453 e. The van der Waals surface area contributed by atoms with Gasteiger partial charge in [0, 0.05) is 6.20 Å². The lowest BCUT2D eigenvalue weighted by molar-refractivity contribution is -0.131. The maximum Gasteiger partial charge on any atom is 0.410 e. The summed E-state index contributed by atoms with van der Waals surface area (Å²) >= 11 is 5.31. The van der Waals surface area contributed by atoms with Crippen LogP contribution < -0.4 is 10.1 Å². The number of alkyl halides is 1. The number of esters is 1. The molecule has 0 aliphatic heterocycles. The molecule has 6 heteroatoms. The zero-order chi connectivity index (χ0) is 13.4. The van der Waals surface area contributed by atoms with Gasteiger partial charge in [-0.05, 0) is 23.8 Å². The zero-order valence-corrected chi connectivity index (χ0v) is 10.4. The maximum absolute atomic E-state index is 10.9. The van der Waals surface area contributed by atoms with Crippen LogP contribution in [0.15, 0.2) is 30.5 Å². The van der Waals surface area contributed by atoms with Gasteiger partial charge in [-0.15, -0.1) is 11.6 Å². The predicted molar refractivity (Wildman–Crippen MR) is 67.4 cm³/mol. The van der Waals surface area contributed by atoms with Gasteiger partial charge in [0.15, 0.2) is 0 Å². The third-order valence-corrected chi connectivity index (χ3v) is 2.10. The maximum atomic E-state index is 10.9. The first-order chi connectivity index (χ1) is 8.65. The number of carbonyl (C=O) groups is 2. The summed E-state index contributed by atoms with van der Waals surface area (Å²) in [5, 5.41) is 2.39. The number of amides is 1. The molecule has 0 fully saturated rings. The summed E-state index contributed by atoms with van der Waals surface area (Å²) in [7, 11) is 1.28. The van der Waals surface area contributed by atoms with Gasteiger partial charge in [0.05, 0.1) is 7.11 Å². The molecule has 1 rings (SSSR count). The Labute approximate surface area is 109 Å². The number of rotatable bonds is 4. The van der Waals surface area contributed by atoms with E-state index in [-0.39, 0.29) is 5.88 Å². The second kappa shape index (κ2) is 7.34. The van der Waals surface area contributed by atoms with Crippen molar-refractivity contribution in [3.8, 4) is 5.75 Å². The minimum Gasteiger partial charge on any atom is -0.453 e. The Morgan fingerprint density at radius 3 is 2.56 bits per heavy atom. The number of nitrogens with one attached hydrogen (secondary N) is 1. The smallest absolute Gasteiger partial charge is 0.410 e. The minimum atomic E-state index is -0.543. The highest BCUT2D eigenvalue weighted by Crippen LogP contribution is 2.13. The van der Waals surface area contributed by atoms with Crippen molar-refractivity contribution in [2.45, 2.75) is 0 Å². The first kappa shape index (κ1) is 14.1. The van der Waals surface area contributed by atoms with Crippen LogP contribution in [0.3, 0.4) is 0 Å². The highest BCUT2D eigenvalue weighted by Gasteiger charge is 2.01. The first-order valence-corrected chi connectivity index (χ1v) is 5.57. The van der Waals surface area contributed by atoms with Crippen molar-refractivity contribution in [3.63, 3.8) is 0 Å². The number of ether oxygens (including phenoxy) is 2. The van der Waals surface area contributed by atoms with Crippen molar-refractivity contribution < 1.29 is 19.1 Å². The molecule has 0 aliphatic rings. The molecule has 0 spiro atoms. The number of alkyl carbamates (subject to hydrolysis) is 1. The van der Waals surface area contributed by atoms with Crippen molar-refractivity contribution in [1.29, 1.82) is 0 Å². The Kier molecular flexibility index (Phi) is 5.73. The van der Waals surface area contributed by atoms with Gasteiger partial charge in [-0.2, -0.15) is 0 Å². The Morgan fingerprint density at radius 2 is 2.00 bits per heavy atom. The number of carbonyl (C=O) groups excluding carboxylic acids is 2. The molecule has 96 valence electrons. The van der Waals surface area contributed by atoms with Crippen LogP contribution in [0.25, 0.3) is 6.08 Å². The molecule has 1 aromatic carbocycles. The van der Waals surface area contributed by atoms with Gasteiger partial charge >= 0.3 is 12.1 Å². The van der Waals surface area contributed by atoms with Crippen molar-refractivity contribution >= 4 is 29.7 Å². The number of benzene rings is 1. The molecule has 18 heavy (non-hydrogen) atoms. The fourth-order valence-electron chi connectivity index (χ4n) is 1.07. The molecular weight excluding hydrogens is 258 g/mol. The van der Waals surface area contributed by atoms with Crippen molar-refractivity contribution in [3.05, 3.63) is 36.0 Å². The number of halogens is 1. The first-order valence-electron chi connectivity index (χ1n) is 5.03. The molecule has 0 aromatic heterocycles. The van der Waals surface area contributed by atoms with Gasteiger partial charge in [0.1, 0.15) is 11.6 Å². The van der Waals surface area contributed by atoms with Crippen molar-refractivity contribution in [1.82, 2.24) is 5.32 Å². The monoisotopic (exact) mass is 269 g/mol. The molecule has 0 aliphatic carbocycles. The second-order valence-corrected chi connectivity index (χ2v) is 3.41. The van der Waals surface area contributed by atoms with Crippen LogP contribution in [0.4, 0.5) is 4.79 Å². The molecule has 0 unspecified atom stereocenters. The zero-order valence-electron chi connectivity index (χ0n) is 9.68. The molecule has 1 aromatic rings. The normalized spacial score (nSPS) is 10.1. The number of hydrogen-bond donors (Lipinski definition) is 1. The van der Waals surface area contributed by atoms with Crippen LogP contribution in [0, 0.1) is 0 Å². The highest BCUT2D eigenvalue weighted by molar-refractivity contribution is 6.26. The second-order valence-electron chi connectivity index (χ2n) is 3.15. The highest BCUT2D eigenvalue weighted by atomic mass is 35.5. The summed E-state index contributed by atoms with van der Waals surface area (Å²) < 4.78 is 9.29. The van der Waals surface area contributed by atoms with Gasteiger partial charge in [0.2, 0.25) is 0 Å². The van der Waals surface area contributed by atoms with Crippen LogP contribution in [-0.2, 0) is 9.53 Å². The Hall–Kier alpha value is -2.01. The Balaban J connectivity index is 2.55. The van der Waals surface area contributed by atoms with E-state index in [1.807, 2.05) is 0 Å². The number of hydrogen-bond acceptors (Lipinski definition) is 4. The van der Waals surface area contributed by atoms with Crippen molar-refractivity contribution in [2.24, 2.45) is 0 Å². The molecule has 5 nitrogen and oxygen atoms in total. The lowest BCUT2D eigenvalue weighted by atomic mass is 10.2. The van der Waals surface area contributed by atoms with Crippen molar-refractivity contribution in [2.75, 3.05) is 13.0 Å². The van der Waals surface area contributed by atoms with Crippen LogP contribution >= 0.6 is 11.6 Å². The average Bonchev–Trinajstić information content (AvgIpc) is 2.40. The third-order valence-electron chi connectivity index (χ3n) is 1.88. The van der Waals surface area contributed by atoms with E-state index >= 15 is 0 Å². The lowest BCUT2D eigenvalue weighted by Gasteiger charge is -2.02. The summed E-state index contributed by atoms with van der Waals surface area (Å²) in [6.45, 7) is 0. The van der Waals surface area contributed by atoms with Gasteiger partial charge in [0.25, 0.3) is 0 Å². The topological polar surface area (TPSA) is 64.6 Å². The summed E-state index contributed by atoms with van der Waals surface area (Å²) in [6.07, 6.45) is 2.58. The van der Waals surface area contributed by atoms with E-state index < -0.39 is 12.1 Å². The average molecular weight is 270 g/mol. The van der Waals surface area contributed by atoms with E-state index in [1.54, 1.807) is 30.3 Å². The quantitative estimate of drug-likeness (QED) is 0.517. The molecule has 0 radical (unpaired) electrons. The van der Waals surface area contributed by atoms with E-state index in [0.717, 1.165) is 5.56 Å². The molecule has 0 atom stereocenters. The van der Waals surface area contributed by atoms with Crippen LogP contribution in [0.1, 0.15) is 5.56 Å². The van der Waals surface area contributed by atoms with Gasteiger partial charge < -0.3 is 9.47 Å². The SMILES string of the molecule is COC(=O)N/C=C/c1ccc(OC(=O)CCl)cc1.